The second-order valence-corrected chi connectivity index (χ2v) is 14.9. The Hall–Kier alpha value is -2.63. The molecule has 1 atom stereocenters. The topological polar surface area (TPSA) is 78.9 Å². The van der Waals surface area contributed by atoms with Crippen molar-refractivity contribution in [3.63, 3.8) is 0 Å². The fourth-order valence-corrected chi connectivity index (χ4v) is 6.06. The van der Waals surface area contributed by atoms with E-state index in [4.69, 9.17) is 14.2 Å². The molecule has 0 bridgehead atoms. The maximum atomic E-state index is 12.7. The van der Waals surface area contributed by atoms with Crippen LogP contribution in [0.15, 0.2) is 48.6 Å². The quantitative estimate of drug-likeness (QED) is 0.0268. The Morgan fingerprint density at radius 3 is 1.24 bits per heavy atom. The number of carbonyl (C=O) groups is 3. The van der Waals surface area contributed by atoms with Crippen LogP contribution in [0.1, 0.15) is 220 Å². The fraction of sp³-hybridized carbons (Fsp3) is 0.771. The van der Waals surface area contributed by atoms with Crippen LogP contribution in [0, 0.1) is 0 Å². The number of hydrogen-bond donors (Lipinski definition) is 0. The molecule has 6 heteroatoms. The lowest BCUT2D eigenvalue weighted by Crippen LogP contribution is -2.30. The molecule has 0 rings (SSSR count). The molecule has 0 aromatic rings. The first-order chi connectivity index (χ1) is 26.5. The Balaban J connectivity index is 4.47. The molecule has 0 spiro atoms. The molecule has 54 heavy (non-hydrogen) atoms. The van der Waals surface area contributed by atoms with E-state index in [9.17, 15) is 14.4 Å². The van der Waals surface area contributed by atoms with E-state index in [1.54, 1.807) is 0 Å². The van der Waals surface area contributed by atoms with E-state index >= 15 is 0 Å². The van der Waals surface area contributed by atoms with Crippen LogP contribution in [0.25, 0.3) is 0 Å². The molecule has 0 amide bonds. The SMILES string of the molecule is CCCC/C=C\CCCCCCCC(=O)OCC(COC(=O)CC/C=C\C/C=C\CCCCCCCC)OC(=O)CCCCCCC/C=C\CCCCC. The van der Waals surface area contributed by atoms with Gasteiger partial charge in [0.05, 0.1) is 0 Å². The maximum absolute atomic E-state index is 12.7. The Morgan fingerprint density at radius 2 is 0.722 bits per heavy atom. The molecule has 0 N–H and O–H groups in total. The summed E-state index contributed by atoms with van der Waals surface area (Å²) < 4.78 is 16.6. The molecule has 0 saturated carbocycles. The second kappa shape index (κ2) is 43.1. The third-order valence-electron chi connectivity index (χ3n) is 9.54. The highest BCUT2D eigenvalue weighted by Crippen LogP contribution is 2.12. The van der Waals surface area contributed by atoms with Crippen LogP contribution in [0.4, 0.5) is 0 Å². The monoisotopic (exact) mass is 757 g/mol. The summed E-state index contributed by atoms with van der Waals surface area (Å²) in [6.45, 7) is 6.48. The molecular weight excluding hydrogens is 673 g/mol. The van der Waals surface area contributed by atoms with Gasteiger partial charge in [-0.3, -0.25) is 14.4 Å². The Morgan fingerprint density at radius 1 is 0.370 bits per heavy atom. The van der Waals surface area contributed by atoms with E-state index in [-0.39, 0.29) is 37.5 Å². The van der Waals surface area contributed by atoms with Gasteiger partial charge in [0, 0.05) is 19.3 Å². The molecule has 312 valence electrons. The normalized spacial score (nSPS) is 12.4. The maximum Gasteiger partial charge on any atom is 0.306 e. The van der Waals surface area contributed by atoms with Gasteiger partial charge in [0.1, 0.15) is 13.2 Å². The summed E-state index contributed by atoms with van der Waals surface area (Å²) in [7, 11) is 0. The molecule has 0 fully saturated rings. The minimum absolute atomic E-state index is 0.0981. The highest BCUT2D eigenvalue weighted by Gasteiger charge is 2.19. The summed E-state index contributed by atoms with van der Waals surface area (Å²) in [5, 5.41) is 0. The van der Waals surface area contributed by atoms with Crippen LogP contribution in [0.3, 0.4) is 0 Å². The number of unbranched alkanes of at least 4 members (excludes halogenated alkanes) is 21. The summed E-state index contributed by atoms with van der Waals surface area (Å²) in [6, 6.07) is 0. The van der Waals surface area contributed by atoms with Crippen molar-refractivity contribution >= 4 is 17.9 Å². The van der Waals surface area contributed by atoms with Crippen molar-refractivity contribution in [1.82, 2.24) is 0 Å². The molecule has 0 aliphatic heterocycles. The van der Waals surface area contributed by atoms with Crippen molar-refractivity contribution in [3.8, 4) is 0 Å². The van der Waals surface area contributed by atoms with Crippen LogP contribution < -0.4 is 0 Å². The standard InChI is InChI=1S/C48H84O6/c1-4-7-10-13-16-19-22-24-27-29-32-35-38-41-47(50)53-44-45(43-52-46(49)40-37-34-31-28-25-21-18-15-12-9-6-3)54-48(51)42-39-36-33-30-26-23-20-17-14-11-8-5-2/h15,17-18,20,24,27,32,35,45H,4-14,16,19,21-23,25-26,28-31,33-34,36-44H2,1-3H3/b18-15-,20-17-,27-24-,35-32-. The lowest BCUT2D eigenvalue weighted by Gasteiger charge is -2.18. The summed E-state index contributed by atoms with van der Waals surface area (Å²) in [5.74, 6) is -0.990. The van der Waals surface area contributed by atoms with Gasteiger partial charge in [-0.1, -0.05) is 166 Å². The van der Waals surface area contributed by atoms with Gasteiger partial charge in [0.2, 0.25) is 0 Å². The molecule has 0 aromatic carbocycles. The molecule has 6 nitrogen and oxygen atoms in total. The number of carbonyl (C=O) groups excluding carboxylic acids is 3. The van der Waals surface area contributed by atoms with E-state index in [2.05, 4.69) is 63.3 Å². The molecular formula is C48H84O6. The largest absolute Gasteiger partial charge is 0.462 e. The number of esters is 3. The molecule has 0 radical (unpaired) electrons. The van der Waals surface area contributed by atoms with E-state index in [1.807, 2.05) is 6.08 Å². The zero-order valence-corrected chi connectivity index (χ0v) is 35.5. The predicted octanol–water partition coefficient (Wildman–Crippen LogP) is 14.4. The lowest BCUT2D eigenvalue weighted by atomic mass is 10.1. The van der Waals surface area contributed by atoms with Gasteiger partial charge >= 0.3 is 17.9 Å². The third kappa shape index (κ3) is 40.6. The average molecular weight is 757 g/mol. The zero-order valence-electron chi connectivity index (χ0n) is 35.5. The molecule has 0 aliphatic carbocycles. The number of ether oxygens (including phenoxy) is 3. The van der Waals surface area contributed by atoms with Crippen molar-refractivity contribution in [2.45, 2.75) is 226 Å². The van der Waals surface area contributed by atoms with Gasteiger partial charge in [-0.2, -0.15) is 0 Å². The Bertz CT molecular complexity index is 964. The molecule has 0 heterocycles. The first kappa shape index (κ1) is 51.4. The van der Waals surface area contributed by atoms with E-state index < -0.39 is 6.10 Å². The number of hydrogen-bond acceptors (Lipinski definition) is 6. The average Bonchev–Trinajstić information content (AvgIpc) is 3.17. The molecule has 0 aromatic heterocycles. The van der Waals surface area contributed by atoms with Crippen LogP contribution >= 0.6 is 0 Å². The summed E-state index contributed by atoms with van der Waals surface area (Å²) in [6.07, 6.45) is 49.6. The highest BCUT2D eigenvalue weighted by atomic mass is 16.6. The van der Waals surface area contributed by atoms with Crippen LogP contribution in [-0.2, 0) is 28.6 Å². The van der Waals surface area contributed by atoms with Gasteiger partial charge in [-0.05, 0) is 83.5 Å². The summed E-state index contributed by atoms with van der Waals surface area (Å²) >= 11 is 0. The van der Waals surface area contributed by atoms with Gasteiger partial charge in [-0.25, -0.2) is 0 Å². The van der Waals surface area contributed by atoms with Crippen molar-refractivity contribution in [2.24, 2.45) is 0 Å². The zero-order chi connectivity index (χ0) is 39.4. The Kier molecular flexibility index (Phi) is 41.0. The van der Waals surface area contributed by atoms with Gasteiger partial charge in [0.25, 0.3) is 0 Å². The Labute approximate surface area is 333 Å². The highest BCUT2D eigenvalue weighted by molar-refractivity contribution is 5.71. The smallest absolute Gasteiger partial charge is 0.306 e. The summed E-state index contributed by atoms with van der Waals surface area (Å²) in [5.41, 5.74) is 0. The van der Waals surface area contributed by atoms with Crippen LogP contribution in [0.5, 0.6) is 0 Å². The van der Waals surface area contributed by atoms with Crippen molar-refractivity contribution < 1.29 is 28.6 Å². The van der Waals surface area contributed by atoms with Gasteiger partial charge < -0.3 is 14.2 Å². The van der Waals surface area contributed by atoms with Crippen molar-refractivity contribution in [2.75, 3.05) is 13.2 Å². The number of rotatable bonds is 40. The van der Waals surface area contributed by atoms with E-state index in [0.29, 0.717) is 19.3 Å². The van der Waals surface area contributed by atoms with Crippen LogP contribution in [0.2, 0.25) is 0 Å². The minimum Gasteiger partial charge on any atom is -0.462 e. The molecule has 0 aliphatic rings. The third-order valence-corrected chi connectivity index (χ3v) is 9.54. The minimum atomic E-state index is -0.799. The first-order valence-electron chi connectivity index (χ1n) is 22.6. The van der Waals surface area contributed by atoms with Crippen molar-refractivity contribution in [1.29, 1.82) is 0 Å². The summed E-state index contributed by atoms with van der Waals surface area (Å²) in [4.78, 5) is 37.6. The lowest BCUT2D eigenvalue weighted by molar-refractivity contribution is -0.166. The van der Waals surface area contributed by atoms with E-state index in [0.717, 1.165) is 70.6 Å². The second-order valence-electron chi connectivity index (χ2n) is 14.9. The number of allylic oxidation sites excluding steroid dienone is 8. The fourth-order valence-electron chi connectivity index (χ4n) is 6.06. The molecule has 1 unspecified atom stereocenters. The van der Waals surface area contributed by atoms with Crippen molar-refractivity contribution in [3.05, 3.63) is 48.6 Å². The van der Waals surface area contributed by atoms with Crippen LogP contribution in [-0.4, -0.2) is 37.2 Å². The predicted molar refractivity (Wildman–Crippen MR) is 229 cm³/mol. The van der Waals surface area contributed by atoms with Gasteiger partial charge in [-0.15, -0.1) is 0 Å². The molecule has 0 saturated heterocycles. The van der Waals surface area contributed by atoms with E-state index in [1.165, 1.54) is 103 Å². The van der Waals surface area contributed by atoms with Gasteiger partial charge in [0.15, 0.2) is 6.10 Å². The first-order valence-corrected chi connectivity index (χ1v) is 22.6.